The molecule has 0 aromatic carbocycles. The van der Waals surface area contributed by atoms with Crippen molar-refractivity contribution in [2.45, 2.75) is 56.7 Å². The van der Waals surface area contributed by atoms with Gasteiger partial charge in [0.05, 0.1) is 12.7 Å². The van der Waals surface area contributed by atoms with Gasteiger partial charge in [-0.2, -0.15) is 0 Å². The molecule has 0 aromatic heterocycles. The summed E-state index contributed by atoms with van der Waals surface area (Å²) in [6.45, 7) is 1.78. The van der Waals surface area contributed by atoms with Crippen molar-refractivity contribution in [1.82, 2.24) is 5.32 Å². The molecule has 1 aliphatic carbocycles. The van der Waals surface area contributed by atoms with E-state index in [0.29, 0.717) is 12.1 Å². The summed E-state index contributed by atoms with van der Waals surface area (Å²) in [5, 5.41) is 13.1. The van der Waals surface area contributed by atoms with Crippen LogP contribution in [0, 0.1) is 0 Å². The van der Waals surface area contributed by atoms with Crippen molar-refractivity contribution in [3.8, 4) is 0 Å². The van der Waals surface area contributed by atoms with Crippen LogP contribution in [0.15, 0.2) is 0 Å². The van der Waals surface area contributed by atoms with Gasteiger partial charge < -0.3 is 15.2 Å². The predicted molar refractivity (Wildman–Crippen MR) is 55.2 cm³/mol. The fourth-order valence-electron chi connectivity index (χ4n) is 2.52. The Morgan fingerprint density at radius 1 is 1.07 bits per heavy atom. The van der Waals surface area contributed by atoms with Crippen molar-refractivity contribution in [1.29, 1.82) is 0 Å². The second-order valence-corrected chi connectivity index (χ2v) is 4.60. The van der Waals surface area contributed by atoms with E-state index in [0.717, 1.165) is 32.5 Å². The zero-order valence-electron chi connectivity index (χ0n) is 8.74. The molecule has 2 N–H and O–H groups in total. The average Bonchev–Trinajstić information content (AvgIpc) is 2.19. The van der Waals surface area contributed by atoms with Crippen LogP contribution in [-0.4, -0.2) is 36.5 Å². The summed E-state index contributed by atoms with van der Waals surface area (Å²) in [6.07, 6.45) is 6.61. The fourth-order valence-corrected chi connectivity index (χ4v) is 2.52. The molecule has 3 heteroatoms. The highest BCUT2D eigenvalue weighted by Crippen LogP contribution is 2.19. The summed E-state index contributed by atoms with van der Waals surface area (Å²) < 4.78 is 5.43. The van der Waals surface area contributed by atoms with Crippen LogP contribution in [0.2, 0.25) is 0 Å². The van der Waals surface area contributed by atoms with Crippen molar-refractivity contribution < 1.29 is 9.84 Å². The van der Waals surface area contributed by atoms with Gasteiger partial charge in [0.1, 0.15) is 0 Å². The first-order chi connectivity index (χ1) is 6.84. The minimum Gasteiger partial charge on any atom is -0.393 e. The Balaban J connectivity index is 1.72. The van der Waals surface area contributed by atoms with E-state index in [-0.39, 0.29) is 6.10 Å². The quantitative estimate of drug-likeness (QED) is 0.698. The zero-order valence-corrected chi connectivity index (χ0v) is 8.74. The van der Waals surface area contributed by atoms with Gasteiger partial charge in [-0.15, -0.1) is 0 Å². The molecule has 0 amide bonds. The van der Waals surface area contributed by atoms with Gasteiger partial charge in [0.25, 0.3) is 0 Å². The van der Waals surface area contributed by atoms with Crippen LogP contribution in [0.4, 0.5) is 0 Å². The maximum Gasteiger partial charge on any atom is 0.0619 e. The largest absolute Gasteiger partial charge is 0.393 e. The number of aliphatic hydroxyl groups is 1. The molecular weight excluding hydrogens is 178 g/mol. The molecule has 82 valence electrons. The van der Waals surface area contributed by atoms with Crippen LogP contribution >= 0.6 is 0 Å². The molecule has 0 aromatic rings. The summed E-state index contributed by atoms with van der Waals surface area (Å²) in [7, 11) is 0. The first-order valence-corrected chi connectivity index (χ1v) is 5.86. The third-order valence-corrected chi connectivity index (χ3v) is 3.28. The molecule has 1 saturated carbocycles. The van der Waals surface area contributed by atoms with E-state index in [1.165, 1.54) is 19.3 Å². The van der Waals surface area contributed by atoms with Gasteiger partial charge in [-0.3, -0.25) is 0 Å². The molecule has 1 saturated heterocycles. The SMILES string of the molecule is O[C@@H]1CCC[C@H](NC2CCCOC2)C1. The standard InChI is InChI=1S/C11H21NO2/c13-11-5-1-3-9(7-11)12-10-4-2-6-14-8-10/h9-13H,1-8H2/t9-,10?,11+/m0/s1. The van der Waals surface area contributed by atoms with Crippen LogP contribution in [0.3, 0.4) is 0 Å². The van der Waals surface area contributed by atoms with E-state index in [1.807, 2.05) is 0 Å². The van der Waals surface area contributed by atoms with Gasteiger partial charge in [0.2, 0.25) is 0 Å². The van der Waals surface area contributed by atoms with Gasteiger partial charge in [0, 0.05) is 18.7 Å². The van der Waals surface area contributed by atoms with Crippen LogP contribution in [0.1, 0.15) is 38.5 Å². The number of hydrogen-bond acceptors (Lipinski definition) is 3. The average molecular weight is 199 g/mol. The van der Waals surface area contributed by atoms with Crippen LogP contribution in [-0.2, 0) is 4.74 Å². The maximum absolute atomic E-state index is 9.54. The van der Waals surface area contributed by atoms with E-state index < -0.39 is 0 Å². The Morgan fingerprint density at radius 3 is 2.64 bits per heavy atom. The number of ether oxygens (including phenoxy) is 1. The monoisotopic (exact) mass is 199 g/mol. The number of nitrogens with one attached hydrogen (secondary N) is 1. The lowest BCUT2D eigenvalue weighted by Gasteiger charge is -2.32. The Bertz CT molecular complexity index is 169. The first-order valence-electron chi connectivity index (χ1n) is 5.86. The number of rotatable bonds is 2. The van der Waals surface area contributed by atoms with Crippen LogP contribution in [0.5, 0.6) is 0 Å². The van der Waals surface area contributed by atoms with E-state index >= 15 is 0 Å². The minimum atomic E-state index is -0.0780. The highest BCUT2D eigenvalue weighted by molar-refractivity contribution is 4.81. The summed E-state index contributed by atoms with van der Waals surface area (Å²) in [4.78, 5) is 0. The zero-order chi connectivity index (χ0) is 9.80. The lowest BCUT2D eigenvalue weighted by Crippen LogP contribution is -2.45. The predicted octanol–water partition coefficient (Wildman–Crippen LogP) is 1.06. The molecule has 1 aliphatic heterocycles. The van der Waals surface area contributed by atoms with Crippen molar-refractivity contribution in [3.05, 3.63) is 0 Å². The van der Waals surface area contributed by atoms with Gasteiger partial charge >= 0.3 is 0 Å². The van der Waals surface area contributed by atoms with Gasteiger partial charge in [-0.25, -0.2) is 0 Å². The molecule has 2 rings (SSSR count). The van der Waals surface area contributed by atoms with Crippen molar-refractivity contribution in [3.63, 3.8) is 0 Å². The molecule has 0 radical (unpaired) electrons. The summed E-state index contributed by atoms with van der Waals surface area (Å²) >= 11 is 0. The molecule has 2 fully saturated rings. The van der Waals surface area contributed by atoms with E-state index in [4.69, 9.17) is 4.74 Å². The van der Waals surface area contributed by atoms with Crippen molar-refractivity contribution in [2.24, 2.45) is 0 Å². The lowest BCUT2D eigenvalue weighted by atomic mass is 9.92. The normalized spacial score (nSPS) is 39.6. The Labute approximate surface area is 85.8 Å². The molecule has 1 unspecified atom stereocenters. The van der Waals surface area contributed by atoms with Crippen molar-refractivity contribution in [2.75, 3.05) is 13.2 Å². The second kappa shape index (κ2) is 5.10. The fraction of sp³-hybridized carbons (Fsp3) is 1.00. The topological polar surface area (TPSA) is 41.5 Å². The molecule has 2 aliphatic rings. The van der Waals surface area contributed by atoms with Crippen molar-refractivity contribution >= 4 is 0 Å². The molecule has 3 atom stereocenters. The van der Waals surface area contributed by atoms with Crippen LogP contribution in [0.25, 0.3) is 0 Å². The number of aliphatic hydroxyl groups excluding tert-OH is 1. The Hall–Kier alpha value is -0.120. The maximum atomic E-state index is 9.54. The smallest absolute Gasteiger partial charge is 0.0619 e. The Kier molecular flexibility index (Phi) is 3.79. The minimum absolute atomic E-state index is 0.0780. The third kappa shape index (κ3) is 2.94. The molecule has 1 heterocycles. The van der Waals surface area contributed by atoms with Gasteiger partial charge in [0.15, 0.2) is 0 Å². The molecule has 0 spiro atoms. The second-order valence-electron chi connectivity index (χ2n) is 4.60. The molecule has 14 heavy (non-hydrogen) atoms. The summed E-state index contributed by atoms with van der Waals surface area (Å²) in [5.74, 6) is 0. The van der Waals surface area contributed by atoms with E-state index in [1.54, 1.807) is 0 Å². The molecule has 0 bridgehead atoms. The van der Waals surface area contributed by atoms with Gasteiger partial charge in [-0.1, -0.05) is 0 Å². The highest BCUT2D eigenvalue weighted by Gasteiger charge is 2.23. The van der Waals surface area contributed by atoms with Crippen LogP contribution < -0.4 is 5.32 Å². The molecule has 3 nitrogen and oxygen atoms in total. The summed E-state index contributed by atoms with van der Waals surface area (Å²) in [6, 6.07) is 1.05. The lowest BCUT2D eigenvalue weighted by molar-refractivity contribution is 0.0544. The van der Waals surface area contributed by atoms with E-state index in [2.05, 4.69) is 5.32 Å². The van der Waals surface area contributed by atoms with Gasteiger partial charge in [-0.05, 0) is 38.5 Å². The van der Waals surface area contributed by atoms with E-state index in [9.17, 15) is 5.11 Å². The third-order valence-electron chi connectivity index (χ3n) is 3.28. The first kappa shape index (κ1) is 10.4. The Morgan fingerprint density at radius 2 is 1.93 bits per heavy atom. The molecular formula is C11H21NO2. The highest BCUT2D eigenvalue weighted by atomic mass is 16.5. The summed E-state index contributed by atoms with van der Waals surface area (Å²) in [5.41, 5.74) is 0. The number of hydrogen-bond donors (Lipinski definition) is 2.